The number of nitrogens with zero attached hydrogens (tertiary/aromatic N) is 1. The first-order valence-electron chi connectivity index (χ1n) is 6.67. The van der Waals surface area contributed by atoms with E-state index in [1.807, 2.05) is 11.8 Å². The van der Waals surface area contributed by atoms with Gasteiger partial charge in [-0.15, -0.1) is 0 Å². The number of hydrogen-bond acceptors (Lipinski definition) is 5. The second kappa shape index (κ2) is 8.53. The molecule has 4 nitrogen and oxygen atoms in total. The largest absolute Gasteiger partial charge is 0.466 e. The van der Waals surface area contributed by atoms with Crippen LogP contribution in [0.3, 0.4) is 0 Å². The molecule has 104 valence electrons. The molecular formula is C13H23NO3S. The highest BCUT2D eigenvalue weighted by atomic mass is 32.2. The summed E-state index contributed by atoms with van der Waals surface area (Å²) in [6, 6.07) is 0. The summed E-state index contributed by atoms with van der Waals surface area (Å²) in [5.74, 6) is 0.972. The third-order valence-electron chi connectivity index (χ3n) is 2.99. The average Bonchev–Trinajstić information content (AvgIpc) is 2.37. The van der Waals surface area contributed by atoms with Crippen molar-refractivity contribution in [3.05, 3.63) is 0 Å². The Morgan fingerprint density at radius 3 is 2.78 bits per heavy atom. The summed E-state index contributed by atoms with van der Waals surface area (Å²) in [5.41, 5.74) is 0. The molecule has 1 saturated heterocycles. The maximum absolute atomic E-state index is 11.8. The molecule has 0 N–H and O–H groups in total. The van der Waals surface area contributed by atoms with Crippen LogP contribution in [0.2, 0.25) is 0 Å². The Hall–Kier alpha value is -0.550. The first-order valence-corrected chi connectivity index (χ1v) is 7.71. The fourth-order valence-electron chi connectivity index (χ4n) is 1.97. The van der Waals surface area contributed by atoms with Gasteiger partial charge in [-0.05, 0) is 13.3 Å². The highest BCUT2D eigenvalue weighted by molar-refractivity contribution is 8.00. The van der Waals surface area contributed by atoms with Crippen LogP contribution < -0.4 is 0 Å². The van der Waals surface area contributed by atoms with Gasteiger partial charge in [0.1, 0.15) is 5.78 Å². The van der Waals surface area contributed by atoms with Crippen LogP contribution in [0.5, 0.6) is 0 Å². The van der Waals surface area contributed by atoms with Crippen LogP contribution in [-0.4, -0.2) is 53.9 Å². The Morgan fingerprint density at radius 2 is 2.11 bits per heavy atom. The van der Waals surface area contributed by atoms with Gasteiger partial charge in [0.05, 0.1) is 19.6 Å². The molecule has 0 amide bonds. The van der Waals surface area contributed by atoms with Gasteiger partial charge in [0.2, 0.25) is 0 Å². The van der Waals surface area contributed by atoms with E-state index < -0.39 is 0 Å². The summed E-state index contributed by atoms with van der Waals surface area (Å²) in [5, 5.41) is 0.650. The van der Waals surface area contributed by atoms with E-state index >= 15 is 0 Å². The molecule has 0 aliphatic carbocycles. The second-order valence-electron chi connectivity index (χ2n) is 4.48. The Balaban J connectivity index is 2.21. The van der Waals surface area contributed by atoms with Crippen LogP contribution in [0, 0.1) is 0 Å². The molecule has 5 heteroatoms. The summed E-state index contributed by atoms with van der Waals surface area (Å²) >= 11 is 1.99. The topological polar surface area (TPSA) is 46.6 Å². The van der Waals surface area contributed by atoms with Gasteiger partial charge < -0.3 is 4.74 Å². The van der Waals surface area contributed by atoms with Crippen LogP contribution in [0.1, 0.15) is 33.1 Å². The number of rotatable bonds is 7. The van der Waals surface area contributed by atoms with Crippen LogP contribution in [0.15, 0.2) is 0 Å². The van der Waals surface area contributed by atoms with E-state index in [2.05, 4.69) is 11.8 Å². The van der Waals surface area contributed by atoms with E-state index in [0.717, 1.165) is 25.3 Å². The molecule has 0 aromatic carbocycles. The van der Waals surface area contributed by atoms with Crippen molar-refractivity contribution in [3.8, 4) is 0 Å². The molecule has 1 aliphatic heterocycles. The van der Waals surface area contributed by atoms with E-state index in [0.29, 0.717) is 24.8 Å². The predicted octanol–water partition coefficient (Wildman–Crippen LogP) is 1.73. The summed E-state index contributed by atoms with van der Waals surface area (Å²) in [4.78, 5) is 25.1. The highest BCUT2D eigenvalue weighted by Gasteiger charge is 2.20. The standard InChI is InChI=1S/C13H23NO3S/c1-3-12-10-14(7-8-18-12)9-11(15)5-6-13(16)17-4-2/h12H,3-10H2,1-2H3. The van der Waals surface area contributed by atoms with Gasteiger partial charge in [0.25, 0.3) is 0 Å². The van der Waals surface area contributed by atoms with E-state index in [1.54, 1.807) is 6.92 Å². The lowest BCUT2D eigenvalue weighted by Gasteiger charge is -2.31. The van der Waals surface area contributed by atoms with Crippen molar-refractivity contribution in [3.63, 3.8) is 0 Å². The monoisotopic (exact) mass is 273 g/mol. The molecule has 1 unspecified atom stereocenters. The SMILES string of the molecule is CCOC(=O)CCC(=O)CN1CCSC(CC)C1. The molecule has 0 spiro atoms. The fraction of sp³-hybridized carbons (Fsp3) is 0.846. The number of esters is 1. The molecule has 1 heterocycles. The lowest BCUT2D eigenvalue weighted by Crippen LogP contribution is -2.40. The van der Waals surface area contributed by atoms with Gasteiger partial charge in [0, 0.05) is 30.5 Å². The molecular weight excluding hydrogens is 250 g/mol. The van der Waals surface area contributed by atoms with E-state index in [9.17, 15) is 9.59 Å². The molecule has 0 aromatic heterocycles. The lowest BCUT2D eigenvalue weighted by molar-refractivity contribution is -0.144. The fourth-order valence-corrected chi connectivity index (χ4v) is 3.22. The van der Waals surface area contributed by atoms with Gasteiger partial charge in [0.15, 0.2) is 0 Å². The van der Waals surface area contributed by atoms with E-state index in [4.69, 9.17) is 4.74 Å². The lowest BCUT2D eigenvalue weighted by atomic mass is 10.2. The Kier molecular flexibility index (Phi) is 7.35. The second-order valence-corrected chi connectivity index (χ2v) is 5.89. The van der Waals surface area contributed by atoms with Crippen molar-refractivity contribution in [2.75, 3.05) is 32.0 Å². The predicted molar refractivity (Wildman–Crippen MR) is 73.9 cm³/mol. The van der Waals surface area contributed by atoms with Gasteiger partial charge in [-0.2, -0.15) is 11.8 Å². The van der Waals surface area contributed by atoms with Crippen molar-refractivity contribution in [1.82, 2.24) is 4.90 Å². The van der Waals surface area contributed by atoms with Gasteiger partial charge in [-0.25, -0.2) is 0 Å². The molecule has 1 aliphatic rings. The van der Waals surface area contributed by atoms with E-state index in [1.165, 1.54) is 0 Å². The summed E-state index contributed by atoms with van der Waals surface area (Å²) in [6.45, 7) is 6.80. The number of hydrogen-bond donors (Lipinski definition) is 0. The summed E-state index contributed by atoms with van der Waals surface area (Å²) < 4.78 is 4.81. The summed E-state index contributed by atoms with van der Waals surface area (Å²) in [7, 11) is 0. The smallest absolute Gasteiger partial charge is 0.306 e. The number of ketones is 1. The zero-order chi connectivity index (χ0) is 13.4. The van der Waals surface area contributed by atoms with Crippen LogP contribution in [0.4, 0.5) is 0 Å². The summed E-state index contributed by atoms with van der Waals surface area (Å²) in [6.07, 6.45) is 1.67. The van der Waals surface area contributed by atoms with Crippen LogP contribution in [0.25, 0.3) is 0 Å². The normalized spacial score (nSPS) is 20.7. The maximum Gasteiger partial charge on any atom is 0.306 e. The van der Waals surface area contributed by atoms with Gasteiger partial charge >= 0.3 is 5.97 Å². The molecule has 0 aromatic rings. The van der Waals surface area contributed by atoms with Crippen molar-refractivity contribution in [2.45, 2.75) is 38.4 Å². The van der Waals surface area contributed by atoms with Crippen molar-refractivity contribution < 1.29 is 14.3 Å². The zero-order valence-corrected chi connectivity index (χ0v) is 12.1. The Bertz CT molecular complexity index is 283. The number of carbonyl (C=O) groups excluding carboxylic acids is 2. The highest BCUT2D eigenvalue weighted by Crippen LogP contribution is 2.20. The Labute approximate surface area is 113 Å². The number of carbonyl (C=O) groups is 2. The minimum atomic E-state index is -0.272. The van der Waals surface area contributed by atoms with Crippen LogP contribution in [-0.2, 0) is 14.3 Å². The molecule has 0 bridgehead atoms. The van der Waals surface area contributed by atoms with Crippen molar-refractivity contribution in [2.24, 2.45) is 0 Å². The van der Waals surface area contributed by atoms with Gasteiger partial charge in [-0.3, -0.25) is 14.5 Å². The van der Waals surface area contributed by atoms with Crippen LogP contribution >= 0.6 is 11.8 Å². The van der Waals surface area contributed by atoms with Gasteiger partial charge in [-0.1, -0.05) is 6.92 Å². The third-order valence-corrected chi connectivity index (χ3v) is 4.36. The first-order chi connectivity index (χ1) is 8.65. The molecule has 1 fully saturated rings. The maximum atomic E-state index is 11.8. The van der Waals surface area contributed by atoms with Crippen molar-refractivity contribution in [1.29, 1.82) is 0 Å². The molecule has 1 rings (SSSR count). The van der Waals surface area contributed by atoms with Crippen molar-refractivity contribution >= 4 is 23.5 Å². The number of Topliss-reactive ketones (excluding diaryl/α,β-unsaturated/α-hetero) is 1. The molecule has 0 saturated carbocycles. The van der Waals surface area contributed by atoms with E-state index in [-0.39, 0.29) is 18.2 Å². The Morgan fingerprint density at radius 1 is 1.33 bits per heavy atom. The zero-order valence-electron chi connectivity index (χ0n) is 11.3. The minimum absolute atomic E-state index is 0.143. The average molecular weight is 273 g/mol. The quantitative estimate of drug-likeness (QED) is 0.661. The molecule has 0 radical (unpaired) electrons. The number of thioether (sulfide) groups is 1. The number of ether oxygens (including phenoxy) is 1. The first kappa shape index (κ1) is 15.5. The molecule has 1 atom stereocenters. The third kappa shape index (κ3) is 5.87. The molecule has 18 heavy (non-hydrogen) atoms. The minimum Gasteiger partial charge on any atom is -0.466 e.